The Hall–Kier alpha value is -2.68. The molecule has 9 heteroatoms. The number of rotatable bonds is 6. The quantitative estimate of drug-likeness (QED) is 0.740. The summed E-state index contributed by atoms with van der Waals surface area (Å²) in [6.45, 7) is 3.88. The van der Waals surface area contributed by atoms with Gasteiger partial charge >= 0.3 is 6.03 Å². The Labute approximate surface area is 159 Å². The largest absolute Gasteiger partial charge is 0.494 e. The zero-order valence-electron chi connectivity index (χ0n) is 15.1. The average molecular weight is 388 g/mol. The van der Waals surface area contributed by atoms with Crippen LogP contribution < -0.4 is 15.4 Å². The molecular formula is C18H20N4O4S. The standard InChI is InChI=1S/C18H20N4O4S/c1-3-26-11-6-7-12-13(8-11)27-16(19-12)20-14(23)9-22-15(24)18(2,10-4-5-10)21-17(22)25/h6-8,10H,3-5,9H2,1-2H3,(H,21,25)(H,19,20,23)/t18-/m1/s1. The summed E-state index contributed by atoms with van der Waals surface area (Å²) in [6, 6.07) is 4.99. The van der Waals surface area contributed by atoms with Crippen LogP contribution in [0.25, 0.3) is 10.2 Å². The van der Waals surface area contributed by atoms with E-state index in [1.165, 1.54) is 11.3 Å². The van der Waals surface area contributed by atoms with Gasteiger partial charge in [0, 0.05) is 0 Å². The molecule has 2 aliphatic rings. The van der Waals surface area contributed by atoms with Crippen molar-refractivity contribution in [3.63, 3.8) is 0 Å². The van der Waals surface area contributed by atoms with Gasteiger partial charge in [-0.15, -0.1) is 0 Å². The molecule has 27 heavy (non-hydrogen) atoms. The lowest BCUT2D eigenvalue weighted by Crippen LogP contribution is -2.46. The number of ether oxygens (including phenoxy) is 1. The third kappa shape index (κ3) is 3.23. The van der Waals surface area contributed by atoms with Crippen LogP contribution in [0.3, 0.4) is 0 Å². The predicted molar refractivity (Wildman–Crippen MR) is 101 cm³/mol. The summed E-state index contributed by atoms with van der Waals surface area (Å²) < 4.78 is 6.35. The van der Waals surface area contributed by atoms with E-state index in [1.54, 1.807) is 6.92 Å². The molecule has 0 unspecified atom stereocenters. The molecule has 0 spiro atoms. The number of anilines is 1. The van der Waals surface area contributed by atoms with Gasteiger partial charge in [-0.05, 0) is 50.8 Å². The number of hydrogen-bond donors (Lipinski definition) is 2. The number of carbonyl (C=O) groups excluding carboxylic acids is 3. The molecule has 1 aliphatic carbocycles. The minimum absolute atomic E-state index is 0.158. The Morgan fingerprint density at radius 2 is 2.22 bits per heavy atom. The summed E-state index contributed by atoms with van der Waals surface area (Å²) in [6.07, 6.45) is 1.83. The van der Waals surface area contributed by atoms with Crippen molar-refractivity contribution in [1.82, 2.24) is 15.2 Å². The lowest BCUT2D eigenvalue weighted by atomic mass is 9.96. The van der Waals surface area contributed by atoms with Crippen LogP contribution in [0.15, 0.2) is 18.2 Å². The van der Waals surface area contributed by atoms with Crippen molar-refractivity contribution in [2.75, 3.05) is 18.5 Å². The van der Waals surface area contributed by atoms with E-state index in [9.17, 15) is 14.4 Å². The predicted octanol–water partition coefficient (Wildman–Crippen LogP) is 2.35. The third-order valence-electron chi connectivity index (χ3n) is 4.91. The van der Waals surface area contributed by atoms with Gasteiger partial charge in [0.25, 0.3) is 5.91 Å². The molecule has 1 saturated heterocycles. The van der Waals surface area contributed by atoms with Gasteiger partial charge in [-0.1, -0.05) is 11.3 Å². The van der Waals surface area contributed by atoms with Crippen LogP contribution in [0.5, 0.6) is 5.75 Å². The minimum Gasteiger partial charge on any atom is -0.494 e. The maximum Gasteiger partial charge on any atom is 0.325 e. The zero-order chi connectivity index (χ0) is 19.2. The number of imide groups is 1. The molecule has 0 radical (unpaired) electrons. The minimum atomic E-state index is -0.886. The zero-order valence-corrected chi connectivity index (χ0v) is 15.9. The smallest absolute Gasteiger partial charge is 0.325 e. The van der Waals surface area contributed by atoms with Crippen molar-refractivity contribution >= 4 is 44.5 Å². The molecule has 1 aromatic heterocycles. The second-order valence-corrected chi connectivity index (χ2v) is 7.96. The lowest BCUT2D eigenvalue weighted by molar-refractivity contribution is -0.134. The average Bonchev–Trinajstić information content (AvgIpc) is 3.36. The third-order valence-corrected chi connectivity index (χ3v) is 5.85. The fourth-order valence-corrected chi connectivity index (χ4v) is 4.22. The van der Waals surface area contributed by atoms with Gasteiger partial charge in [0.15, 0.2) is 5.13 Å². The van der Waals surface area contributed by atoms with Crippen LogP contribution in [-0.2, 0) is 9.59 Å². The molecular weight excluding hydrogens is 368 g/mol. The SMILES string of the molecule is CCOc1ccc2nc(NC(=O)CN3C(=O)N[C@](C)(C4CC4)C3=O)sc2c1. The first-order valence-corrected chi connectivity index (χ1v) is 9.69. The van der Waals surface area contributed by atoms with Crippen LogP contribution in [0.1, 0.15) is 26.7 Å². The summed E-state index contributed by atoms with van der Waals surface area (Å²) in [7, 11) is 0. The first-order chi connectivity index (χ1) is 12.9. The fraction of sp³-hybridized carbons (Fsp3) is 0.444. The second kappa shape index (κ2) is 6.49. The molecule has 1 aliphatic heterocycles. The van der Waals surface area contributed by atoms with E-state index < -0.39 is 17.5 Å². The number of nitrogens with zero attached hydrogens (tertiary/aromatic N) is 2. The molecule has 142 valence electrons. The Balaban J connectivity index is 1.44. The van der Waals surface area contributed by atoms with Crippen molar-refractivity contribution in [3.8, 4) is 5.75 Å². The van der Waals surface area contributed by atoms with Crippen molar-refractivity contribution in [3.05, 3.63) is 18.2 Å². The Bertz CT molecular complexity index is 939. The highest BCUT2D eigenvalue weighted by Gasteiger charge is 2.56. The highest BCUT2D eigenvalue weighted by atomic mass is 32.1. The van der Waals surface area contributed by atoms with E-state index in [4.69, 9.17) is 4.74 Å². The normalized spacial score (nSPS) is 22.2. The molecule has 1 aromatic carbocycles. The molecule has 8 nitrogen and oxygen atoms in total. The summed E-state index contributed by atoms with van der Waals surface area (Å²) in [5, 5.41) is 5.83. The summed E-state index contributed by atoms with van der Waals surface area (Å²) >= 11 is 1.31. The molecule has 4 amide bonds. The van der Waals surface area contributed by atoms with Gasteiger partial charge in [-0.25, -0.2) is 9.78 Å². The van der Waals surface area contributed by atoms with Gasteiger partial charge in [-0.3, -0.25) is 14.5 Å². The van der Waals surface area contributed by atoms with Crippen LogP contribution in [0.4, 0.5) is 9.93 Å². The van der Waals surface area contributed by atoms with Gasteiger partial charge in [0.05, 0.1) is 16.8 Å². The van der Waals surface area contributed by atoms with E-state index in [2.05, 4.69) is 15.6 Å². The van der Waals surface area contributed by atoms with E-state index >= 15 is 0 Å². The number of thiazole rings is 1. The van der Waals surface area contributed by atoms with Crippen molar-refractivity contribution in [2.24, 2.45) is 5.92 Å². The van der Waals surface area contributed by atoms with Crippen LogP contribution >= 0.6 is 11.3 Å². The first-order valence-electron chi connectivity index (χ1n) is 8.88. The topological polar surface area (TPSA) is 101 Å². The highest BCUT2D eigenvalue weighted by molar-refractivity contribution is 7.22. The molecule has 2 heterocycles. The molecule has 2 fully saturated rings. The Kier molecular flexibility index (Phi) is 4.26. The molecule has 2 N–H and O–H groups in total. The second-order valence-electron chi connectivity index (χ2n) is 6.93. The molecule has 4 rings (SSSR count). The monoisotopic (exact) mass is 388 g/mol. The number of aromatic nitrogens is 1. The summed E-state index contributed by atoms with van der Waals surface area (Å²) in [4.78, 5) is 42.4. The van der Waals surface area contributed by atoms with Crippen LogP contribution in [0, 0.1) is 5.92 Å². The van der Waals surface area contributed by atoms with E-state index in [1.807, 2.05) is 25.1 Å². The lowest BCUT2D eigenvalue weighted by Gasteiger charge is -2.20. The van der Waals surface area contributed by atoms with E-state index in [-0.39, 0.29) is 18.4 Å². The van der Waals surface area contributed by atoms with E-state index in [0.29, 0.717) is 11.7 Å². The van der Waals surface area contributed by atoms with Crippen molar-refractivity contribution < 1.29 is 19.1 Å². The van der Waals surface area contributed by atoms with Gasteiger partial charge in [0.1, 0.15) is 17.8 Å². The molecule has 1 atom stereocenters. The fourth-order valence-electron chi connectivity index (χ4n) is 3.31. The molecule has 2 aromatic rings. The van der Waals surface area contributed by atoms with Crippen molar-refractivity contribution in [1.29, 1.82) is 0 Å². The maximum absolute atomic E-state index is 12.6. The number of carbonyl (C=O) groups is 3. The maximum atomic E-state index is 12.6. The van der Waals surface area contributed by atoms with Gasteiger partial charge < -0.3 is 15.4 Å². The number of amides is 4. The number of nitrogens with one attached hydrogen (secondary N) is 2. The Morgan fingerprint density at radius 1 is 1.44 bits per heavy atom. The van der Waals surface area contributed by atoms with Crippen molar-refractivity contribution in [2.45, 2.75) is 32.2 Å². The van der Waals surface area contributed by atoms with E-state index in [0.717, 1.165) is 33.7 Å². The number of fused-ring (bicyclic) bond motifs is 1. The van der Waals surface area contributed by atoms with Crippen LogP contribution in [0.2, 0.25) is 0 Å². The summed E-state index contributed by atoms with van der Waals surface area (Å²) in [5.74, 6) is 0.106. The number of hydrogen-bond acceptors (Lipinski definition) is 6. The number of urea groups is 1. The molecule has 1 saturated carbocycles. The first kappa shape index (κ1) is 17.7. The Morgan fingerprint density at radius 3 is 2.93 bits per heavy atom. The molecule has 0 bridgehead atoms. The van der Waals surface area contributed by atoms with Crippen LogP contribution in [-0.4, -0.2) is 46.4 Å². The number of benzene rings is 1. The van der Waals surface area contributed by atoms with Gasteiger partial charge in [0.2, 0.25) is 5.91 Å². The summed E-state index contributed by atoms with van der Waals surface area (Å²) in [5.41, 5.74) is -0.141. The highest BCUT2D eigenvalue weighted by Crippen LogP contribution is 2.42. The van der Waals surface area contributed by atoms with Gasteiger partial charge in [-0.2, -0.15) is 0 Å².